The first-order valence-corrected chi connectivity index (χ1v) is 20.4. The van der Waals surface area contributed by atoms with Gasteiger partial charge in [0, 0.05) is 24.6 Å². The number of aliphatic hydroxyl groups is 1. The van der Waals surface area contributed by atoms with Crippen LogP contribution in [0.25, 0.3) is 0 Å². The summed E-state index contributed by atoms with van der Waals surface area (Å²) in [7, 11) is -3.95. The second-order valence-corrected chi connectivity index (χ2v) is 16.2. The number of amides is 1. The van der Waals surface area contributed by atoms with Gasteiger partial charge >= 0.3 is 0 Å². The molecule has 1 unspecified atom stereocenters. The van der Waals surface area contributed by atoms with E-state index in [0.29, 0.717) is 0 Å². The van der Waals surface area contributed by atoms with E-state index in [4.69, 9.17) is 9.47 Å². The Hall–Kier alpha value is -3.90. The molecule has 5 atom stereocenters. The fraction of sp³-hybridized carbons (Fsp3) is 0.419. The number of hydrogen-bond donors (Lipinski definition) is 3. The lowest BCUT2D eigenvalue weighted by atomic mass is 9.89. The quantitative estimate of drug-likeness (QED) is 0.139. The smallest absolute Gasteiger partial charge is 0.241 e. The maximum Gasteiger partial charge on any atom is 0.241 e. The van der Waals surface area contributed by atoms with Crippen molar-refractivity contribution in [3.63, 3.8) is 0 Å². The number of aryl methyl sites for hydroxylation is 1. The Morgan fingerprint density at radius 3 is 2.08 bits per heavy atom. The molecule has 9 nitrogen and oxygen atoms in total. The van der Waals surface area contributed by atoms with Crippen molar-refractivity contribution >= 4 is 15.9 Å². The maximum absolute atomic E-state index is 13.6. The summed E-state index contributed by atoms with van der Waals surface area (Å²) in [4.78, 5) is 16.2. The molecule has 53 heavy (non-hydrogen) atoms. The molecular formula is C43H53N3O6S. The molecule has 0 spiro atoms. The first kappa shape index (κ1) is 38.8. The number of nitrogens with zero attached hydrogens (tertiary/aromatic N) is 1. The Kier molecular flexibility index (Phi) is 13.5. The maximum atomic E-state index is 13.6. The average Bonchev–Trinajstić information content (AvgIpc) is 3.16. The summed E-state index contributed by atoms with van der Waals surface area (Å²) >= 11 is 0. The molecule has 6 rings (SSSR count). The fourth-order valence-corrected chi connectivity index (χ4v) is 8.39. The van der Waals surface area contributed by atoms with Crippen LogP contribution in [0.4, 0.5) is 0 Å². The number of benzene rings is 4. The summed E-state index contributed by atoms with van der Waals surface area (Å²) < 4.78 is 42.7. The molecule has 2 fully saturated rings. The minimum Gasteiger partial charge on any atom is -0.392 e. The Balaban J connectivity index is 1.15. The number of hydrogen-bond acceptors (Lipinski definition) is 7. The number of aliphatic hydroxyl groups excluding tert-OH is 1. The van der Waals surface area contributed by atoms with E-state index in [1.165, 1.54) is 32.1 Å². The van der Waals surface area contributed by atoms with Gasteiger partial charge in [-0.1, -0.05) is 123 Å². The number of carbonyl (C=O) groups is 1. The van der Waals surface area contributed by atoms with Crippen molar-refractivity contribution < 1.29 is 27.8 Å². The van der Waals surface area contributed by atoms with Gasteiger partial charge in [-0.15, -0.1) is 0 Å². The Morgan fingerprint density at radius 2 is 1.42 bits per heavy atom. The van der Waals surface area contributed by atoms with Gasteiger partial charge in [0.15, 0.2) is 6.29 Å². The van der Waals surface area contributed by atoms with Gasteiger partial charge in [0.2, 0.25) is 15.9 Å². The molecule has 0 bridgehead atoms. The van der Waals surface area contributed by atoms with Gasteiger partial charge in [-0.2, -0.15) is 4.72 Å². The third-order valence-electron chi connectivity index (χ3n) is 10.5. The first-order valence-electron chi connectivity index (χ1n) is 18.9. The molecule has 2 saturated heterocycles. The van der Waals surface area contributed by atoms with Crippen LogP contribution in [0.5, 0.6) is 0 Å². The van der Waals surface area contributed by atoms with Crippen molar-refractivity contribution in [2.45, 2.75) is 95.0 Å². The fourth-order valence-electron chi connectivity index (χ4n) is 7.19. The van der Waals surface area contributed by atoms with Crippen LogP contribution >= 0.6 is 0 Å². The zero-order valence-electron chi connectivity index (χ0n) is 30.8. The van der Waals surface area contributed by atoms with Crippen molar-refractivity contribution in [2.75, 3.05) is 19.6 Å². The molecule has 2 aliphatic rings. The predicted octanol–water partition coefficient (Wildman–Crippen LogP) is 6.75. The van der Waals surface area contributed by atoms with Crippen molar-refractivity contribution in [2.24, 2.45) is 5.92 Å². The standard InChI is InChI=1S/C43H53N3O6S/c1-31-13-23-38(24-14-31)53(49,50)45-39(27-33-11-7-6-8-12-33)42(48)44-28-34-15-21-37(22-16-34)43-51-40(29-46-25-9-4-3-5-10-26-46)32(2)41(52-43)36-19-17-35(30-47)18-20-36/h6-8,11-24,32,39-41,43,45,47H,3-5,9-10,25-30H2,1-2H3,(H,44,48)/t32-,39+,40+,41+,43?/m0/s1. The minimum absolute atomic E-state index is 0.00575. The predicted molar refractivity (Wildman–Crippen MR) is 206 cm³/mol. The topological polar surface area (TPSA) is 117 Å². The van der Waals surface area contributed by atoms with Gasteiger partial charge in [-0.25, -0.2) is 8.42 Å². The summed E-state index contributed by atoms with van der Waals surface area (Å²) in [5, 5.41) is 12.6. The number of nitrogens with one attached hydrogen (secondary N) is 2. The SMILES string of the molecule is Cc1ccc(S(=O)(=O)N[C@H](Cc2ccccc2)C(=O)NCc2ccc(C3O[C@H](CN4CCCCCCC4)[C@H](C)[C@H](c4ccc(CO)cc4)O3)cc2)cc1. The molecule has 3 N–H and O–H groups in total. The van der Waals surface area contributed by atoms with E-state index in [2.05, 4.69) is 21.9 Å². The van der Waals surface area contributed by atoms with Crippen LogP contribution in [-0.4, -0.2) is 56.1 Å². The van der Waals surface area contributed by atoms with Gasteiger partial charge < -0.3 is 24.8 Å². The molecule has 2 aliphatic heterocycles. The van der Waals surface area contributed by atoms with E-state index in [1.54, 1.807) is 24.3 Å². The highest BCUT2D eigenvalue weighted by Crippen LogP contribution is 2.42. The molecular weight excluding hydrogens is 687 g/mol. The Morgan fingerprint density at radius 1 is 0.792 bits per heavy atom. The van der Waals surface area contributed by atoms with E-state index in [9.17, 15) is 18.3 Å². The molecule has 4 aromatic carbocycles. The molecule has 4 aromatic rings. The van der Waals surface area contributed by atoms with E-state index in [0.717, 1.165) is 53.0 Å². The molecule has 282 valence electrons. The van der Waals surface area contributed by atoms with Crippen LogP contribution < -0.4 is 10.0 Å². The number of rotatable bonds is 13. The van der Waals surface area contributed by atoms with Crippen LogP contribution in [0.3, 0.4) is 0 Å². The van der Waals surface area contributed by atoms with Gasteiger partial charge in [0.25, 0.3) is 0 Å². The molecule has 0 radical (unpaired) electrons. The lowest BCUT2D eigenvalue weighted by molar-refractivity contribution is -0.276. The number of sulfonamides is 1. The molecule has 1 amide bonds. The largest absolute Gasteiger partial charge is 0.392 e. The summed E-state index contributed by atoms with van der Waals surface area (Å²) in [5.41, 5.74) is 5.45. The highest BCUT2D eigenvalue weighted by Gasteiger charge is 2.39. The number of likely N-dealkylation sites (tertiary alicyclic amines) is 1. The molecule has 0 aliphatic carbocycles. The van der Waals surface area contributed by atoms with E-state index < -0.39 is 28.3 Å². The van der Waals surface area contributed by atoms with Gasteiger partial charge in [0.1, 0.15) is 6.04 Å². The normalized spacial score (nSPS) is 22.0. The lowest BCUT2D eigenvalue weighted by Crippen LogP contribution is -2.47. The number of ether oxygens (including phenoxy) is 2. The van der Waals surface area contributed by atoms with E-state index in [1.807, 2.05) is 85.8 Å². The van der Waals surface area contributed by atoms with Gasteiger partial charge in [0.05, 0.1) is 23.7 Å². The van der Waals surface area contributed by atoms with Crippen molar-refractivity contribution in [3.05, 3.63) is 137 Å². The van der Waals surface area contributed by atoms with Crippen LogP contribution in [0.15, 0.2) is 108 Å². The minimum atomic E-state index is -3.95. The zero-order valence-corrected chi connectivity index (χ0v) is 31.6. The zero-order chi connectivity index (χ0) is 37.2. The van der Waals surface area contributed by atoms with Crippen molar-refractivity contribution in [1.82, 2.24) is 14.9 Å². The van der Waals surface area contributed by atoms with Crippen LogP contribution in [0.1, 0.15) is 84.8 Å². The summed E-state index contributed by atoms with van der Waals surface area (Å²) in [6.45, 7) is 7.30. The summed E-state index contributed by atoms with van der Waals surface area (Å²) in [6.07, 6.45) is 5.65. The van der Waals surface area contributed by atoms with E-state index >= 15 is 0 Å². The Labute approximate surface area is 314 Å². The van der Waals surface area contributed by atoms with E-state index in [-0.39, 0.29) is 42.6 Å². The highest BCUT2D eigenvalue weighted by molar-refractivity contribution is 7.89. The van der Waals surface area contributed by atoms with Crippen LogP contribution in [0, 0.1) is 12.8 Å². The summed E-state index contributed by atoms with van der Waals surface area (Å²) in [5.74, 6) is -0.304. The van der Waals surface area contributed by atoms with Crippen LogP contribution in [-0.2, 0) is 43.9 Å². The Bertz CT molecular complexity index is 1850. The first-order chi connectivity index (χ1) is 25.7. The second kappa shape index (κ2) is 18.4. The number of carbonyl (C=O) groups excluding carboxylic acids is 1. The molecule has 2 heterocycles. The second-order valence-electron chi connectivity index (χ2n) is 14.5. The summed E-state index contributed by atoms with van der Waals surface area (Å²) in [6, 6.07) is 30.8. The van der Waals surface area contributed by atoms with Crippen molar-refractivity contribution in [3.8, 4) is 0 Å². The monoisotopic (exact) mass is 739 g/mol. The van der Waals surface area contributed by atoms with Gasteiger partial charge in [-0.3, -0.25) is 4.79 Å². The lowest BCUT2D eigenvalue weighted by Gasteiger charge is -2.43. The van der Waals surface area contributed by atoms with Gasteiger partial charge in [-0.05, 0) is 73.7 Å². The third-order valence-corrected chi connectivity index (χ3v) is 11.9. The van der Waals surface area contributed by atoms with Crippen molar-refractivity contribution in [1.29, 1.82) is 0 Å². The highest BCUT2D eigenvalue weighted by atomic mass is 32.2. The molecule has 0 saturated carbocycles. The average molecular weight is 740 g/mol. The molecule has 10 heteroatoms. The molecule has 0 aromatic heterocycles. The van der Waals surface area contributed by atoms with Crippen LogP contribution in [0.2, 0.25) is 0 Å². The third kappa shape index (κ3) is 10.6.